The smallest absolute Gasteiger partial charge is 0.383 e. The molecule has 1 atom stereocenters. The van der Waals surface area contributed by atoms with E-state index in [9.17, 15) is 31.9 Å². The van der Waals surface area contributed by atoms with Gasteiger partial charge in [-0.15, -0.1) is 5.10 Å². The molecule has 13 nitrogen and oxygen atoms in total. The Morgan fingerprint density at radius 3 is 2.58 bits per heavy atom. The van der Waals surface area contributed by atoms with Crippen molar-refractivity contribution in [3.63, 3.8) is 0 Å². The third kappa shape index (κ3) is 6.25. The van der Waals surface area contributed by atoms with E-state index in [1.807, 2.05) is 13.0 Å². The van der Waals surface area contributed by atoms with Crippen LogP contribution in [0.3, 0.4) is 0 Å². The minimum Gasteiger partial charge on any atom is -0.383 e. The Hall–Kier alpha value is -5.84. The Morgan fingerprint density at radius 1 is 1.13 bits per heavy atom. The predicted octanol–water partition coefficient (Wildman–Crippen LogP) is 5.25. The average Bonchev–Trinajstić information content (AvgIpc) is 3.85. The van der Waals surface area contributed by atoms with Gasteiger partial charge in [0.25, 0.3) is 11.5 Å². The van der Waals surface area contributed by atoms with Crippen LogP contribution in [-0.4, -0.2) is 72.0 Å². The number of aromatic nitrogens is 6. The van der Waals surface area contributed by atoms with Gasteiger partial charge >= 0.3 is 6.18 Å². The quantitative estimate of drug-likeness (QED) is 0.223. The summed E-state index contributed by atoms with van der Waals surface area (Å²) >= 11 is 0. The number of aryl methyl sites for hydroxylation is 1. The number of anilines is 2. The highest BCUT2D eigenvalue weighted by atomic mass is 19.4. The molecule has 2 amide bonds. The molecule has 1 saturated heterocycles. The molecule has 5 heterocycles. The fourth-order valence-electron chi connectivity index (χ4n) is 8.30. The average molecular weight is 760 g/mol. The summed E-state index contributed by atoms with van der Waals surface area (Å²) in [5.74, 6) is -1.11. The number of nitrogens with one attached hydrogen (secondary N) is 1. The molecule has 55 heavy (non-hydrogen) atoms. The molecule has 2 aliphatic heterocycles. The second-order valence-corrected chi connectivity index (χ2v) is 14.4. The van der Waals surface area contributed by atoms with Gasteiger partial charge in [-0.1, -0.05) is 25.1 Å². The summed E-state index contributed by atoms with van der Waals surface area (Å²) in [6.07, 6.45) is 0.602. The van der Waals surface area contributed by atoms with Crippen molar-refractivity contribution in [1.29, 1.82) is 0 Å². The molecule has 1 aliphatic carbocycles. The fourth-order valence-corrected chi connectivity index (χ4v) is 8.30. The number of carbonyl (C=O) groups is 2. The van der Waals surface area contributed by atoms with Crippen molar-refractivity contribution >= 4 is 34.7 Å². The molecule has 0 saturated carbocycles. The Labute approximate surface area is 311 Å². The number of amides is 2. The van der Waals surface area contributed by atoms with Crippen molar-refractivity contribution in [2.24, 2.45) is 0 Å². The maximum Gasteiger partial charge on any atom is 0.416 e. The molecular weight excluding hydrogens is 722 g/mol. The maximum absolute atomic E-state index is 14.5. The van der Waals surface area contributed by atoms with Crippen LogP contribution in [0.4, 0.5) is 29.1 Å². The third-order valence-electron chi connectivity index (χ3n) is 11.0. The zero-order chi connectivity index (χ0) is 38.8. The van der Waals surface area contributed by atoms with Gasteiger partial charge in [-0.3, -0.25) is 14.4 Å². The van der Waals surface area contributed by atoms with Crippen LogP contribution in [0.25, 0.3) is 17.0 Å². The van der Waals surface area contributed by atoms with Crippen LogP contribution in [0.1, 0.15) is 77.1 Å². The molecule has 5 aromatic rings. The van der Waals surface area contributed by atoms with Gasteiger partial charge in [0.05, 0.1) is 25.0 Å². The van der Waals surface area contributed by atoms with Gasteiger partial charge in [0.1, 0.15) is 29.4 Å². The van der Waals surface area contributed by atoms with Crippen molar-refractivity contribution in [3.05, 3.63) is 105 Å². The predicted molar refractivity (Wildman–Crippen MR) is 193 cm³/mol. The molecule has 286 valence electrons. The van der Waals surface area contributed by atoms with E-state index in [1.54, 1.807) is 21.6 Å². The summed E-state index contributed by atoms with van der Waals surface area (Å²) in [6.45, 7) is 4.58. The number of piperidine rings is 1. The molecule has 1 fully saturated rings. The molecule has 17 heteroatoms. The number of halogens is 4. The number of alkyl halides is 3. The van der Waals surface area contributed by atoms with Gasteiger partial charge in [0, 0.05) is 35.4 Å². The van der Waals surface area contributed by atoms with Crippen LogP contribution in [0.15, 0.2) is 59.5 Å². The summed E-state index contributed by atoms with van der Waals surface area (Å²) in [5, 5.41) is 11.6. The first-order chi connectivity index (χ1) is 26.3. The van der Waals surface area contributed by atoms with Gasteiger partial charge in [0.2, 0.25) is 11.7 Å². The van der Waals surface area contributed by atoms with Crippen molar-refractivity contribution in [1.82, 2.24) is 33.8 Å². The van der Waals surface area contributed by atoms with E-state index in [0.29, 0.717) is 56.0 Å². The van der Waals surface area contributed by atoms with Crippen molar-refractivity contribution in [2.75, 3.05) is 37.4 Å². The largest absolute Gasteiger partial charge is 0.416 e. The molecule has 0 bridgehead atoms. The normalized spacial score (nSPS) is 18.1. The van der Waals surface area contributed by atoms with Crippen LogP contribution in [0, 0.1) is 12.7 Å². The Balaban J connectivity index is 1.13. The number of nitrogens with two attached hydrogens (primary N) is 1. The lowest BCUT2D eigenvalue weighted by atomic mass is 9.73. The Bertz CT molecular complexity index is 2460. The fraction of sp³-hybridized carbons (Fsp3) is 0.368. The first-order valence-corrected chi connectivity index (χ1v) is 17.9. The van der Waals surface area contributed by atoms with Gasteiger partial charge in [0.15, 0.2) is 5.82 Å². The second-order valence-electron chi connectivity index (χ2n) is 14.4. The maximum atomic E-state index is 14.5. The van der Waals surface area contributed by atoms with Crippen LogP contribution >= 0.6 is 0 Å². The number of likely N-dealkylation sites (tertiary alicyclic amines) is 1. The minimum atomic E-state index is -4.53. The molecule has 3 aromatic heterocycles. The van der Waals surface area contributed by atoms with E-state index in [0.717, 1.165) is 17.7 Å². The van der Waals surface area contributed by atoms with Crippen LogP contribution in [-0.2, 0) is 27.7 Å². The second kappa shape index (κ2) is 13.5. The van der Waals surface area contributed by atoms with Gasteiger partial charge in [-0.2, -0.15) is 27.8 Å². The molecule has 3 N–H and O–H groups in total. The molecule has 3 aliphatic rings. The topological polar surface area (TPSA) is 155 Å². The summed E-state index contributed by atoms with van der Waals surface area (Å²) in [4.78, 5) is 48.4. The molecule has 2 aromatic carbocycles. The summed E-state index contributed by atoms with van der Waals surface area (Å²) in [7, 11) is 0. The van der Waals surface area contributed by atoms with E-state index in [1.165, 1.54) is 40.5 Å². The van der Waals surface area contributed by atoms with Crippen molar-refractivity contribution < 1.29 is 31.9 Å². The van der Waals surface area contributed by atoms with Crippen molar-refractivity contribution in [2.45, 2.75) is 63.6 Å². The van der Waals surface area contributed by atoms with Gasteiger partial charge in [-0.05, 0) is 80.0 Å². The molecular formula is C38H37F4N9O4. The van der Waals surface area contributed by atoms with E-state index in [2.05, 4.69) is 15.5 Å². The highest BCUT2D eigenvalue weighted by Crippen LogP contribution is 2.50. The zero-order valence-electron chi connectivity index (χ0n) is 30.0. The SMILES string of the molecule is Cc1cc(C(F)(F)F)ccc1NC(=O)Cn1c2c(c(=O)n3nc(C4=CCOCC4)nc13)C1(CCN(C(=O)c3cnn(-c4ccccc4F)c3N)CC1)CC2C. The molecule has 8 rings (SSSR count). The number of nitrogens with zero attached hydrogens (tertiary/aromatic N) is 7. The highest BCUT2D eigenvalue weighted by molar-refractivity contribution is 5.98. The first-order valence-electron chi connectivity index (χ1n) is 17.9. The number of benzene rings is 2. The Kier molecular flexibility index (Phi) is 8.86. The lowest BCUT2D eigenvalue weighted by molar-refractivity contribution is -0.137. The third-order valence-corrected chi connectivity index (χ3v) is 11.0. The van der Waals surface area contributed by atoms with E-state index in [-0.39, 0.29) is 71.1 Å². The number of nitrogen functional groups attached to an aromatic ring is 1. The number of fused-ring (bicyclic) bond motifs is 3. The number of hydrogen-bond donors (Lipinski definition) is 2. The molecule has 1 unspecified atom stereocenters. The monoisotopic (exact) mass is 759 g/mol. The lowest BCUT2D eigenvalue weighted by Gasteiger charge is -2.39. The minimum absolute atomic E-state index is 0.00638. The van der Waals surface area contributed by atoms with Crippen LogP contribution in [0.2, 0.25) is 0 Å². The van der Waals surface area contributed by atoms with E-state index < -0.39 is 28.9 Å². The Morgan fingerprint density at radius 2 is 1.89 bits per heavy atom. The number of carbonyl (C=O) groups excluding carboxylic acids is 2. The highest BCUT2D eigenvalue weighted by Gasteiger charge is 2.49. The summed E-state index contributed by atoms with van der Waals surface area (Å²) in [5.41, 5.74) is 7.12. The molecule has 0 radical (unpaired) electrons. The number of ether oxygens (including phenoxy) is 1. The van der Waals surface area contributed by atoms with Gasteiger partial charge < -0.3 is 25.3 Å². The van der Waals surface area contributed by atoms with E-state index in [4.69, 9.17) is 15.5 Å². The number of rotatable bonds is 6. The number of hydrogen-bond acceptors (Lipinski definition) is 8. The lowest BCUT2D eigenvalue weighted by Crippen LogP contribution is -2.46. The first kappa shape index (κ1) is 36.2. The van der Waals surface area contributed by atoms with E-state index >= 15 is 0 Å². The zero-order valence-corrected chi connectivity index (χ0v) is 30.0. The summed E-state index contributed by atoms with van der Waals surface area (Å²) < 4.78 is 64.1. The number of para-hydroxylation sites is 1. The van der Waals surface area contributed by atoms with Crippen LogP contribution < -0.4 is 16.6 Å². The van der Waals surface area contributed by atoms with Crippen LogP contribution in [0.5, 0.6) is 0 Å². The molecule has 1 spiro atoms. The standard InChI is InChI=1S/C38H37F4N9O4/c1-21-17-24(38(40,41)42)7-8-27(21)45-29(52)20-49-31-22(2)18-37(30(31)35(54)51-36(49)46-33(47-51)23-9-15-55-16-10-23)11-13-48(14-12-37)34(53)25-19-44-50(32(25)43)28-6-4-3-5-26(28)39/h3-9,17,19,22H,10-16,18,20,43H2,1-2H3,(H,45,52). The van der Waals surface area contributed by atoms with Gasteiger partial charge in [-0.25, -0.2) is 9.07 Å². The van der Waals surface area contributed by atoms with Crippen molar-refractivity contribution in [3.8, 4) is 5.69 Å². The summed E-state index contributed by atoms with van der Waals surface area (Å²) in [6, 6.07) is 9.08.